The second-order valence-corrected chi connectivity index (χ2v) is 11.1. The van der Waals surface area contributed by atoms with E-state index in [4.69, 9.17) is 15.2 Å². The van der Waals surface area contributed by atoms with E-state index >= 15 is 0 Å². The van der Waals surface area contributed by atoms with Crippen LogP contribution < -0.4 is 21.7 Å². The highest BCUT2D eigenvalue weighted by Gasteiger charge is 2.29. The van der Waals surface area contributed by atoms with Crippen LogP contribution in [0, 0.1) is 11.8 Å². The summed E-state index contributed by atoms with van der Waals surface area (Å²) >= 11 is 0. The number of carbonyl (C=O) groups is 6. The van der Waals surface area contributed by atoms with Gasteiger partial charge in [0.15, 0.2) is 0 Å². The maximum absolute atomic E-state index is 13.2. The largest absolute Gasteiger partial charge is 0.461 e. The Labute approximate surface area is 258 Å². The van der Waals surface area contributed by atoms with Gasteiger partial charge in [0.25, 0.3) is 11.8 Å². The molecule has 242 valence electrons. The maximum Gasteiger partial charge on any atom is 0.308 e. The number of carbonyl (C=O) groups excluding carboxylic acids is 6. The Morgan fingerprint density at radius 3 is 2.14 bits per heavy atom. The van der Waals surface area contributed by atoms with Gasteiger partial charge in [0.2, 0.25) is 17.7 Å². The third-order valence-electron chi connectivity index (χ3n) is 6.75. The van der Waals surface area contributed by atoms with Crippen LogP contribution >= 0.6 is 0 Å². The van der Waals surface area contributed by atoms with E-state index in [1.807, 2.05) is 0 Å². The molecule has 5 N–H and O–H groups in total. The Hall–Kier alpha value is -4.10. The predicted octanol–water partition coefficient (Wildman–Crippen LogP) is 1.41. The minimum absolute atomic E-state index is 0.0327. The van der Waals surface area contributed by atoms with Crippen molar-refractivity contribution in [1.82, 2.24) is 15.5 Å². The zero-order valence-electron chi connectivity index (χ0n) is 25.9. The Morgan fingerprint density at radius 2 is 1.55 bits per heavy atom. The van der Waals surface area contributed by atoms with Crippen LogP contribution in [0.25, 0.3) is 0 Å². The summed E-state index contributed by atoms with van der Waals surface area (Å²) < 4.78 is 10.6. The number of hydrogen-bond donors (Lipinski definition) is 4. The van der Waals surface area contributed by atoms with Gasteiger partial charge in [0.05, 0.1) is 25.7 Å². The highest BCUT2D eigenvalue weighted by molar-refractivity contribution is 6.12. The van der Waals surface area contributed by atoms with Gasteiger partial charge >= 0.3 is 5.97 Å². The molecule has 0 aliphatic carbocycles. The van der Waals surface area contributed by atoms with Crippen molar-refractivity contribution in [1.29, 1.82) is 0 Å². The molecule has 13 nitrogen and oxygen atoms in total. The lowest BCUT2D eigenvalue weighted by Gasteiger charge is -2.25. The summed E-state index contributed by atoms with van der Waals surface area (Å²) in [5.74, 6) is -2.95. The lowest BCUT2D eigenvalue weighted by atomic mass is 10.0. The van der Waals surface area contributed by atoms with E-state index in [0.29, 0.717) is 31.5 Å². The van der Waals surface area contributed by atoms with Gasteiger partial charge in [-0.2, -0.15) is 0 Å². The minimum Gasteiger partial charge on any atom is -0.461 e. The molecule has 1 aliphatic rings. The number of hydrogen-bond acceptors (Lipinski definition) is 9. The van der Waals surface area contributed by atoms with Crippen molar-refractivity contribution in [3.8, 4) is 0 Å². The summed E-state index contributed by atoms with van der Waals surface area (Å²) in [6.07, 6.45) is 3.96. The standard InChI is InChI=1S/C31H45N5O8/c1-20(2)28(35-25(37)14-17-43-18-16-36-26(38)12-13-27(36)39)30(41)34-24(7-5-6-15-32)29(40)33-23-10-8-22(9-11-23)19-44-31(42)21(3)4/h8-13,20-21,24,28H,5-7,14-19,32H2,1-4H3,(H,33,40)(H,34,41)(H,35,37)/t24-,28-/m0/s1. The number of ether oxygens (including phenoxy) is 2. The number of amides is 5. The summed E-state index contributed by atoms with van der Waals surface area (Å²) in [4.78, 5) is 74.9. The van der Waals surface area contributed by atoms with Crippen molar-refractivity contribution in [2.24, 2.45) is 17.6 Å². The summed E-state index contributed by atoms with van der Waals surface area (Å²) in [5, 5.41) is 8.31. The van der Waals surface area contributed by atoms with Gasteiger partial charge in [-0.15, -0.1) is 0 Å². The van der Waals surface area contributed by atoms with Crippen molar-refractivity contribution < 1.29 is 38.2 Å². The first-order valence-electron chi connectivity index (χ1n) is 14.9. The van der Waals surface area contributed by atoms with Crippen LogP contribution in [0.3, 0.4) is 0 Å². The Bertz CT molecular complexity index is 1160. The molecule has 2 atom stereocenters. The summed E-state index contributed by atoms with van der Waals surface area (Å²) in [6.45, 7) is 7.82. The normalized spacial score (nSPS) is 14.1. The Kier molecular flexibility index (Phi) is 15.2. The fourth-order valence-corrected chi connectivity index (χ4v) is 4.11. The minimum atomic E-state index is -0.897. The second-order valence-electron chi connectivity index (χ2n) is 11.1. The van der Waals surface area contributed by atoms with Gasteiger partial charge in [-0.3, -0.25) is 33.7 Å². The molecular weight excluding hydrogens is 570 g/mol. The first-order chi connectivity index (χ1) is 20.9. The third kappa shape index (κ3) is 12.3. The van der Waals surface area contributed by atoms with Crippen molar-refractivity contribution in [2.45, 2.75) is 72.1 Å². The average Bonchev–Trinajstić information content (AvgIpc) is 3.30. The molecule has 1 aromatic rings. The fraction of sp³-hybridized carbons (Fsp3) is 0.548. The van der Waals surface area contributed by atoms with E-state index in [0.717, 1.165) is 10.5 Å². The molecule has 5 amide bonds. The van der Waals surface area contributed by atoms with Crippen molar-refractivity contribution in [3.63, 3.8) is 0 Å². The Balaban J connectivity index is 1.90. The summed E-state index contributed by atoms with van der Waals surface area (Å²) in [5.41, 5.74) is 6.90. The average molecular weight is 616 g/mol. The SMILES string of the molecule is CC(C)C(=O)OCc1ccc(NC(=O)[C@H](CCCCN)NC(=O)[C@@H](NC(=O)CCOCCN2C(=O)C=CC2=O)C(C)C)cc1. The van der Waals surface area contributed by atoms with E-state index in [9.17, 15) is 28.8 Å². The number of esters is 1. The van der Waals surface area contributed by atoms with Crippen LogP contribution in [0.2, 0.25) is 0 Å². The molecule has 0 saturated heterocycles. The molecule has 0 fully saturated rings. The van der Waals surface area contributed by atoms with Gasteiger partial charge in [0.1, 0.15) is 18.7 Å². The number of nitrogens with zero attached hydrogens (tertiary/aromatic N) is 1. The van der Waals surface area contributed by atoms with Gasteiger partial charge in [-0.1, -0.05) is 39.8 Å². The first kappa shape index (κ1) is 36.1. The lowest BCUT2D eigenvalue weighted by Crippen LogP contribution is -2.54. The monoisotopic (exact) mass is 615 g/mol. The van der Waals surface area contributed by atoms with Gasteiger partial charge in [-0.05, 0) is 49.4 Å². The second kappa shape index (κ2) is 18.5. The molecule has 2 rings (SSSR count). The number of unbranched alkanes of at least 4 members (excludes halogenated alkanes) is 1. The third-order valence-corrected chi connectivity index (χ3v) is 6.75. The molecule has 0 spiro atoms. The quantitative estimate of drug-likeness (QED) is 0.101. The highest BCUT2D eigenvalue weighted by Crippen LogP contribution is 2.14. The van der Waals surface area contributed by atoms with E-state index in [1.54, 1.807) is 52.0 Å². The molecule has 0 unspecified atom stereocenters. The van der Waals surface area contributed by atoms with E-state index < -0.39 is 41.6 Å². The van der Waals surface area contributed by atoms with Gasteiger partial charge in [-0.25, -0.2) is 0 Å². The predicted molar refractivity (Wildman–Crippen MR) is 163 cm³/mol. The van der Waals surface area contributed by atoms with Crippen LogP contribution in [0.1, 0.15) is 58.9 Å². The Morgan fingerprint density at radius 1 is 0.886 bits per heavy atom. The van der Waals surface area contributed by atoms with Crippen LogP contribution in [0.5, 0.6) is 0 Å². The zero-order chi connectivity index (χ0) is 32.6. The van der Waals surface area contributed by atoms with E-state index in [-0.39, 0.29) is 50.6 Å². The van der Waals surface area contributed by atoms with Crippen molar-refractivity contribution in [3.05, 3.63) is 42.0 Å². The molecule has 1 aliphatic heterocycles. The number of rotatable bonds is 19. The van der Waals surface area contributed by atoms with Crippen molar-refractivity contribution >= 4 is 41.2 Å². The molecule has 0 radical (unpaired) electrons. The molecular formula is C31H45N5O8. The molecule has 44 heavy (non-hydrogen) atoms. The van der Waals surface area contributed by atoms with Crippen LogP contribution in [0.15, 0.2) is 36.4 Å². The fourth-order valence-electron chi connectivity index (χ4n) is 4.11. The molecule has 1 heterocycles. The van der Waals surface area contributed by atoms with Gasteiger partial charge < -0.3 is 31.2 Å². The van der Waals surface area contributed by atoms with E-state index in [2.05, 4.69) is 16.0 Å². The number of anilines is 1. The number of benzene rings is 1. The van der Waals surface area contributed by atoms with Gasteiger partial charge in [0, 0.05) is 24.3 Å². The number of nitrogens with two attached hydrogens (primary N) is 1. The van der Waals surface area contributed by atoms with Crippen molar-refractivity contribution in [2.75, 3.05) is 31.6 Å². The molecule has 0 aromatic heterocycles. The maximum atomic E-state index is 13.2. The smallest absolute Gasteiger partial charge is 0.308 e. The topological polar surface area (TPSA) is 186 Å². The van der Waals surface area contributed by atoms with E-state index in [1.165, 1.54) is 12.2 Å². The number of imide groups is 1. The lowest BCUT2D eigenvalue weighted by molar-refractivity contribution is -0.148. The highest BCUT2D eigenvalue weighted by atomic mass is 16.5. The summed E-state index contributed by atoms with van der Waals surface area (Å²) in [7, 11) is 0. The van der Waals surface area contributed by atoms with Crippen LogP contribution in [0.4, 0.5) is 5.69 Å². The molecule has 13 heteroatoms. The first-order valence-corrected chi connectivity index (χ1v) is 14.9. The van der Waals surface area contributed by atoms with Crippen LogP contribution in [-0.4, -0.2) is 78.8 Å². The molecule has 0 saturated carbocycles. The number of nitrogens with one attached hydrogen (secondary N) is 3. The summed E-state index contributed by atoms with van der Waals surface area (Å²) in [6, 6.07) is 5.08. The molecule has 0 bridgehead atoms. The zero-order valence-corrected chi connectivity index (χ0v) is 25.9. The molecule has 1 aromatic carbocycles. The van der Waals surface area contributed by atoms with Crippen LogP contribution in [-0.2, 0) is 44.8 Å².